The number of para-hydroxylation sites is 2. The van der Waals surface area contributed by atoms with Gasteiger partial charge in [0.1, 0.15) is 18.2 Å². The SMILES string of the molecule is Clc1ccccc1C1=CNN(CCC#CN2C=CC=CC2)N1.Cn1c(CCC#Cc2cccc(CF)n2)nc2ccccc21. The second-order valence-electron chi connectivity index (χ2n) is 9.92. The Bertz CT molecular complexity index is 1800. The molecule has 2 aromatic heterocycles. The summed E-state index contributed by atoms with van der Waals surface area (Å²) in [5.74, 6) is 10.2. The number of aromatic nitrogens is 3. The smallest absolute Gasteiger partial charge is 0.131 e. The van der Waals surface area contributed by atoms with Gasteiger partial charge in [0.15, 0.2) is 0 Å². The molecule has 2 aromatic carbocycles. The average Bonchev–Trinajstić information content (AvgIpc) is 3.67. The zero-order valence-corrected chi connectivity index (χ0v) is 25.2. The zero-order chi connectivity index (χ0) is 30.6. The number of alkyl halides is 1. The normalized spacial score (nSPS) is 13.5. The van der Waals surface area contributed by atoms with Crippen LogP contribution in [0.5, 0.6) is 0 Å². The molecule has 9 heteroatoms. The summed E-state index contributed by atoms with van der Waals surface area (Å²) in [6.07, 6.45) is 12.2. The predicted octanol–water partition coefficient (Wildman–Crippen LogP) is 6.12. The number of hydrogen-bond acceptors (Lipinski definition) is 6. The van der Waals surface area contributed by atoms with Gasteiger partial charge in [-0.3, -0.25) is 5.43 Å². The van der Waals surface area contributed by atoms with Crippen molar-refractivity contribution in [1.29, 1.82) is 0 Å². The van der Waals surface area contributed by atoms with Crippen LogP contribution in [-0.2, 0) is 20.1 Å². The molecule has 0 saturated carbocycles. The molecule has 2 N–H and O–H groups in total. The first-order valence-corrected chi connectivity index (χ1v) is 14.7. The van der Waals surface area contributed by atoms with Crippen LogP contribution in [0.1, 0.15) is 35.6 Å². The van der Waals surface area contributed by atoms with Crippen LogP contribution in [0.4, 0.5) is 4.39 Å². The average molecular weight is 606 g/mol. The number of nitrogens with one attached hydrogen (secondary N) is 2. The van der Waals surface area contributed by atoms with Gasteiger partial charge in [-0.25, -0.2) is 14.4 Å². The Hall–Kier alpha value is -5.02. The minimum Gasteiger partial charge on any atom is -0.331 e. The number of aryl methyl sites for hydroxylation is 2. The lowest BCUT2D eigenvalue weighted by atomic mass is 10.2. The highest BCUT2D eigenvalue weighted by molar-refractivity contribution is 6.32. The van der Waals surface area contributed by atoms with E-state index in [4.69, 9.17) is 11.6 Å². The van der Waals surface area contributed by atoms with Crippen molar-refractivity contribution in [1.82, 2.24) is 35.4 Å². The first kappa shape index (κ1) is 30.4. The van der Waals surface area contributed by atoms with E-state index in [1.165, 1.54) is 0 Å². The van der Waals surface area contributed by atoms with Crippen molar-refractivity contribution in [3.05, 3.63) is 125 Å². The van der Waals surface area contributed by atoms with Crippen molar-refractivity contribution in [3.63, 3.8) is 0 Å². The second-order valence-corrected chi connectivity index (χ2v) is 10.3. The molecule has 0 unspecified atom stereocenters. The molecule has 4 heterocycles. The van der Waals surface area contributed by atoms with E-state index in [1.807, 2.05) is 84.1 Å². The van der Waals surface area contributed by atoms with Crippen molar-refractivity contribution in [2.75, 3.05) is 13.1 Å². The van der Waals surface area contributed by atoms with Crippen molar-refractivity contribution in [2.45, 2.75) is 25.9 Å². The second kappa shape index (κ2) is 15.5. The third kappa shape index (κ3) is 8.29. The van der Waals surface area contributed by atoms with Gasteiger partial charge in [0.2, 0.25) is 0 Å². The van der Waals surface area contributed by atoms with Gasteiger partial charge in [0, 0.05) is 68.4 Å². The van der Waals surface area contributed by atoms with E-state index in [0.29, 0.717) is 17.8 Å². The summed E-state index contributed by atoms with van der Waals surface area (Å²) in [6.45, 7) is 1.06. The molecule has 0 atom stereocenters. The fourth-order valence-electron chi connectivity index (χ4n) is 4.54. The molecular weight excluding hydrogens is 573 g/mol. The molecule has 0 saturated heterocycles. The molecule has 0 radical (unpaired) electrons. The Morgan fingerprint density at radius 2 is 1.82 bits per heavy atom. The van der Waals surface area contributed by atoms with Gasteiger partial charge >= 0.3 is 0 Å². The standard InChI is InChI=1S/C18H16FN3.C17H17ClN4/c1-22-17-11-4-3-10-16(17)21-18(22)12-5-2-7-14-8-6-9-15(13-19)20-14;18-16-9-3-2-8-15(16)17-14-19-22(20-17)13-7-6-12-21-10-4-1-5-11-21/h3-4,6,8-11H,5,12-13H2,1H3;1-5,8-10,14,19-20H,7,11,13H2. The maximum absolute atomic E-state index is 12.5. The summed E-state index contributed by atoms with van der Waals surface area (Å²) in [5.41, 5.74) is 11.5. The van der Waals surface area contributed by atoms with Crippen molar-refractivity contribution >= 4 is 28.3 Å². The minimum absolute atomic E-state index is 0.419. The van der Waals surface area contributed by atoms with Crippen molar-refractivity contribution in [3.8, 4) is 23.8 Å². The van der Waals surface area contributed by atoms with E-state index in [-0.39, 0.29) is 0 Å². The number of hydrazine groups is 2. The highest BCUT2D eigenvalue weighted by atomic mass is 35.5. The number of halogens is 2. The third-order valence-electron chi connectivity index (χ3n) is 6.80. The molecule has 4 aromatic rings. The van der Waals surface area contributed by atoms with Gasteiger partial charge in [-0.05, 0) is 42.3 Å². The number of fused-ring (bicyclic) bond motifs is 1. The molecule has 6 rings (SSSR count). The van der Waals surface area contributed by atoms with Gasteiger partial charge in [-0.2, -0.15) is 0 Å². The number of hydrogen-bond donors (Lipinski definition) is 2. The van der Waals surface area contributed by atoms with Crippen LogP contribution in [-0.4, -0.2) is 37.6 Å². The van der Waals surface area contributed by atoms with Crippen LogP contribution in [0.3, 0.4) is 0 Å². The lowest BCUT2D eigenvalue weighted by molar-refractivity contribution is 0.202. The number of benzene rings is 2. The molecule has 2 aliphatic rings. The predicted molar refractivity (Wildman–Crippen MR) is 175 cm³/mol. The van der Waals surface area contributed by atoms with E-state index in [9.17, 15) is 4.39 Å². The Kier molecular flexibility index (Phi) is 10.7. The first-order chi connectivity index (χ1) is 21.6. The highest BCUT2D eigenvalue weighted by Crippen LogP contribution is 2.23. The highest BCUT2D eigenvalue weighted by Gasteiger charge is 2.15. The Balaban J connectivity index is 0.000000175. The molecule has 0 bridgehead atoms. The summed E-state index contributed by atoms with van der Waals surface area (Å²) in [5, 5.41) is 2.63. The summed E-state index contributed by atoms with van der Waals surface area (Å²) < 4.78 is 14.6. The Labute approximate surface area is 262 Å². The lowest BCUT2D eigenvalue weighted by Crippen LogP contribution is -2.39. The quantitative estimate of drug-likeness (QED) is 0.258. The van der Waals surface area contributed by atoms with Crippen LogP contribution in [0.2, 0.25) is 5.02 Å². The van der Waals surface area contributed by atoms with E-state index in [0.717, 1.165) is 59.1 Å². The van der Waals surface area contributed by atoms with Crippen LogP contribution in [0.15, 0.2) is 97.4 Å². The van der Waals surface area contributed by atoms with Crippen LogP contribution in [0, 0.1) is 23.8 Å². The molecule has 44 heavy (non-hydrogen) atoms. The molecule has 222 valence electrons. The molecule has 2 aliphatic heterocycles. The van der Waals surface area contributed by atoms with Gasteiger partial charge in [0.05, 0.1) is 22.4 Å². The van der Waals surface area contributed by atoms with E-state index >= 15 is 0 Å². The molecule has 0 spiro atoms. The van der Waals surface area contributed by atoms with Crippen molar-refractivity contribution < 1.29 is 4.39 Å². The van der Waals surface area contributed by atoms with Crippen molar-refractivity contribution in [2.24, 2.45) is 7.05 Å². The van der Waals surface area contributed by atoms with Crippen LogP contribution in [0.25, 0.3) is 16.7 Å². The summed E-state index contributed by atoms with van der Waals surface area (Å²) in [4.78, 5) is 10.7. The Morgan fingerprint density at radius 1 is 0.955 bits per heavy atom. The van der Waals surface area contributed by atoms with E-state index < -0.39 is 6.67 Å². The first-order valence-electron chi connectivity index (χ1n) is 14.4. The minimum atomic E-state index is -0.560. The fraction of sp³-hybridized carbons (Fsp3) is 0.200. The number of imidazole rings is 1. The van der Waals surface area contributed by atoms with E-state index in [2.05, 4.69) is 61.3 Å². The summed E-state index contributed by atoms with van der Waals surface area (Å²) in [7, 11) is 2.02. The molecule has 7 nitrogen and oxygen atoms in total. The number of pyridine rings is 1. The maximum atomic E-state index is 12.5. The van der Waals surface area contributed by atoms with Gasteiger partial charge in [-0.15, -0.1) is 5.12 Å². The molecule has 0 amide bonds. The monoisotopic (exact) mass is 605 g/mol. The summed E-state index contributed by atoms with van der Waals surface area (Å²) >= 11 is 6.20. The number of nitrogens with zero attached hydrogens (tertiary/aromatic N) is 5. The Morgan fingerprint density at radius 3 is 2.64 bits per heavy atom. The molecule has 0 fully saturated rings. The van der Waals surface area contributed by atoms with Crippen LogP contribution >= 0.6 is 11.6 Å². The van der Waals surface area contributed by atoms with Gasteiger partial charge in [-0.1, -0.05) is 72.0 Å². The zero-order valence-electron chi connectivity index (χ0n) is 24.5. The largest absolute Gasteiger partial charge is 0.331 e. The summed E-state index contributed by atoms with van der Waals surface area (Å²) in [6, 6.07) is 24.2. The van der Waals surface area contributed by atoms with E-state index in [1.54, 1.807) is 18.2 Å². The third-order valence-corrected chi connectivity index (χ3v) is 7.13. The fourth-order valence-corrected chi connectivity index (χ4v) is 4.77. The van der Waals surface area contributed by atoms with Gasteiger partial charge < -0.3 is 14.9 Å². The molecule has 0 aliphatic carbocycles. The maximum Gasteiger partial charge on any atom is 0.131 e. The number of rotatable bonds is 6. The molecular formula is C35H33ClFN7. The number of allylic oxidation sites excluding steroid dienone is 2. The van der Waals surface area contributed by atoms with Gasteiger partial charge in [0.25, 0.3) is 0 Å². The topological polar surface area (TPSA) is 61.2 Å². The lowest BCUT2D eigenvalue weighted by Gasteiger charge is -2.17. The van der Waals surface area contributed by atoms with Crippen LogP contribution < -0.4 is 10.9 Å².